The van der Waals surface area contributed by atoms with E-state index in [0.29, 0.717) is 17.4 Å². The van der Waals surface area contributed by atoms with E-state index in [1.807, 2.05) is 25.1 Å². The summed E-state index contributed by atoms with van der Waals surface area (Å²) in [6, 6.07) is 7.28. The molecular weight excluding hydrogens is 218 g/mol. The molecule has 0 aliphatic carbocycles. The van der Waals surface area contributed by atoms with Gasteiger partial charge in [-0.2, -0.15) is 0 Å². The van der Waals surface area contributed by atoms with Gasteiger partial charge in [0.2, 0.25) is 5.88 Å². The topological polar surface area (TPSA) is 70.3 Å². The zero-order valence-electron chi connectivity index (χ0n) is 9.68. The number of anilines is 1. The highest BCUT2D eigenvalue weighted by molar-refractivity contribution is 5.45. The fraction of sp³-hybridized carbons (Fsp3) is 0.167. The van der Waals surface area contributed by atoms with Gasteiger partial charge < -0.3 is 15.2 Å². The van der Waals surface area contributed by atoms with Crippen LogP contribution in [0.2, 0.25) is 0 Å². The van der Waals surface area contributed by atoms with Gasteiger partial charge in [0, 0.05) is 6.07 Å². The van der Waals surface area contributed by atoms with Crippen LogP contribution in [-0.2, 0) is 0 Å². The predicted octanol–water partition coefficient (Wildman–Crippen LogP) is 2.17. The molecule has 2 aromatic rings. The molecule has 0 aliphatic rings. The molecule has 0 fully saturated rings. The third kappa shape index (κ3) is 2.44. The number of hydrogen-bond acceptors (Lipinski definition) is 5. The molecule has 0 unspecified atom stereocenters. The molecule has 88 valence electrons. The number of rotatable bonds is 3. The highest BCUT2D eigenvalue weighted by Crippen LogP contribution is 2.26. The average Bonchev–Trinajstić information content (AvgIpc) is 2.35. The van der Waals surface area contributed by atoms with Crippen LogP contribution in [0.1, 0.15) is 5.56 Å². The minimum absolute atomic E-state index is 0.415. The lowest BCUT2D eigenvalue weighted by Crippen LogP contribution is -1.99. The molecule has 0 spiro atoms. The standard InChI is InChI=1S/C12H13N3O2/c1-8-11(13)14-7-15-12(8)17-10-5-3-4-9(6-10)16-2/h3-7H,1-2H3,(H2,13,14,15). The Morgan fingerprint density at radius 2 is 1.94 bits per heavy atom. The molecule has 17 heavy (non-hydrogen) atoms. The molecule has 0 amide bonds. The van der Waals surface area contributed by atoms with E-state index < -0.39 is 0 Å². The Kier molecular flexibility index (Phi) is 3.09. The maximum atomic E-state index is 5.67. The first-order chi connectivity index (χ1) is 8.20. The van der Waals surface area contributed by atoms with Gasteiger partial charge in [-0.25, -0.2) is 9.97 Å². The molecule has 0 saturated carbocycles. The average molecular weight is 231 g/mol. The largest absolute Gasteiger partial charge is 0.497 e. The maximum Gasteiger partial charge on any atom is 0.227 e. The summed E-state index contributed by atoms with van der Waals surface area (Å²) in [7, 11) is 1.60. The molecular formula is C12H13N3O2. The van der Waals surface area contributed by atoms with E-state index in [4.69, 9.17) is 15.2 Å². The van der Waals surface area contributed by atoms with Crippen molar-refractivity contribution in [2.24, 2.45) is 0 Å². The highest BCUT2D eigenvalue weighted by atomic mass is 16.5. The van der Waals surface area contributed by atoms with Crippen molar-refractivity contribution in [3.63, 3.8) is 0 Å². The van der Waals surface area contributed by atoms with Crippen molar-refractivity contribution in [3.05, 3.63) is 36.2 Å². The summed E-state index contributed by atoms with van der Waals surface area (Å²) in [5.41, 5.74) is 6.39. The van der Waals surface area contributed by atoms with Crippen molar-refractivity contribution in [2.45, 2.75) is 6.92 Å². The Labute approximate surface area is 99.2 Å². The van der Waals surface area contributed by atoms with Crippen LogP contribution >= 0.6 is 0 Å². The highest BCUT2D eigenvalue weighted by Gasteiger charge is 2.07. The first-order valence-electron chi connectivity index (χ1n) is 5.09. The van der Waals surface area contributed by atoms with Gasteiger partial charge in [0.05, 0.1) is 12.7 Å². The summed E-state index contributed by atoms with van der Waals surface area (Å²) >= 11 is 0. The quantitative estimate of drug-likeness (QED) is 0.876. The lowest BCUT2D eigenvalue weighted by Gasteiger charge is -2.09. The summed E-state index contributed by atoms with van der Waals surface area (Å²) in [5, 5.41) is 0. The monoisotopic (exact) mass is 231 g/mol. The molecule has 5 nitrogen and oxygen atoms in total. The second-order valence-electron chi connectivity index (χ2n) is 3.47. The second-order valence-corrected chi connectivity index (χ2v) is 3.47. The van der Waals surface area contributed by atoms with Crippen LogP contribution in [0.3, 0.4) is 0 Å². The summed E-state index contributed by atoms with van der Waals surface area (Å²) in [5.74, 6) is 2.23. The predicted molar refractivity (Wildman–Crippen MR) is 64.2 cm³/mol. The fourth-order valence-electron chi connectivity index (χ4n) is 1.33. The molecule has 0 radical (unpaired) electrons. The molecule has 0 atom stereocenters. The Bertz CT molecular complexity index is 529. The number of methoxy groups -OCH3 is 1. The molecule has 0 bridgehead atoms. The lowest BCUT2D eigenvalue weighted by molar-refractivity contribution is 0.407. The summed E-state index contributed by atoms with van der Waals surface area (Å²) in [6.45, 7) is 1.81. The number of nitrogens with two attached hydrogens (primary N) is 1. The number of hydrogen-bond donors (Lipinski definition) is 1. The Balaban J connectivity index is 2.28. The van der Waals surface area contributed by atoms with E-state index in [-0.39, 0.29) is 0 Å². The second kappa shape index (κ2) is 4.69. The number of nitrogens with zero attached hydrogens (tertiary/aromatic N) is 2. The first-order valence-corrected chi connectivity index (χ1v) is 5.09. The number of benzene rings is 1. The van der Waals surface area contributed by atoms with Crippen LogP contribution in [0.25, 0.3) is 0 Å². The molecule has 2 N–H and O–H groups in total. The van der Waals surface area contributed by atoms with E-state index >= 15 is 0 Å². The third-order valence-corrected chi connectivity index (χ3v) is 2.33. The van der Waals surface area contributed by atoms with E-state index in [0.717, 1.165) is 11.3 Å². The van der Waals surface area contributed by atoms with E-state index in [9.17, 15) is 0 Å². The van der Waals surface area contributed by atoms with Gasteiger partial charge in [0.15, 0.2) is 0 Å². The van der Waals surface area contributed by atoms with Crippen LogP contribution in [0.15, 0.2) is 30.6 Å². The first kappa shape index (κ1) is 11.2. The Morgan fingerprint density at radius 3 is 2.71 bits per heavy atom. The molecule has 2 rings (SSSR count). The molecule has 1 heterocycles. The maximum absolute atomic E-state index is 5.67. The minimum Gasteiger partial charge on any atom is -0.497 e. The van der Waals surface area contributed by atoms with Gasteiger partial charge >= 0.3 is 0 Å². The van der Waals surface area contributed by atoms with Crippen molar-refractivity contribution >= 4 is 5.82 Å². The van der Waals surface area contributed by atoms with E-state index in [1.54, 1.807) is 13.2 Å². The van der Waals surface area contributed by atoms with Gasteiger partial charge in [-0.3, -0.25) is 0 Å². The molecule has 0 aliphatic heterocycles. The SMILES string of the molecule is COc1cccc(Oc2ncnc(N)c2C)c1. The molecule has 1 aromatic heterocycles. The van der Waals surface area contributed by atoms with Gasteiger partial charge in [0.1, 0.15) is 23.6 Å². The minimum atomic E-state index is 0.415. The number of aromatic nitrogens is 2. The lowest BCUT2D eigenvalue weighted by atomic mass is 10.3. The molecule has 1 aromatic carbocycles. The Hall–Kier alpha value is -2.30. The normalized spacial score (nSPS) is 10.0. The fourth-order valence-corrected chi connectivity index (χ4v) is 1.33. The third-order valence-electron chi connectivity index (χ3n) is 2.33. The zero-order chi connectivity index (χ0) is 12.3. The van der Waals surface area contributed by atoms with E-state index in [1.165, 1.54) is 6.33 Å². The van der Waals surface area contributed by atoms with Crippen LogP contribution in [0, 0.1) is 6.92 Å². The van der Waals surface area contributed by atoms with Crippen LogP contribution in [-0.4, -0.2) is 17.1 Å². The van der Waals surface area contributed by atoms with Gasteiger partial charge in [-0.05, 0) is 19.1 Å². The number of ether oxygens (including phenoxy) is 2. The smallest absolute Gasteiger partial charge is 0.227 e. The summed E-state index contributed by atoms with van der Waals surface area (Å²) in [4.78, 5) is 7.91. The summed E-state index contributed by atoms with van der Waals surface area (Å²) < 4.78 is 10.7. The van der Waals surface area contributed by atoms with Crippen molar-refractivity contribution in [1.29, 1.82) is 0 Å². The van der Waals surface area contributed by atoms with Crippen molar-refractivity contribution in [1.82, 2.24) is 9.97 Å². The van der Waals surface area contributed by atoms with Gasteiger partial charge in [-0.1, -0.05) is 6.07 Å². The Morgan fingerprint density at radius 1 is 1.18 bits per heavy atom. The zero-order valence-corrected chi connectivity index (χ0v) is 9.68. The van der Waals surface area contributed by atoms with Crippen LogP contribution < -0.4 is 15.2 Å². The molecule has 5 heteroatoms. The number of nitrogen functional groups attached to an aromatic ring is 1. The van der Waals surface area contributed by atoms with Crippen LogP contribution in [0.5, 0.6) is 17.4 Å². The van der Waals surface area contributed by atoms with E-state index in [2.05, 4.69) is 9.97 Å². The van der Waals surface area contributed by atoms with Crippen molar-refractivity contribution in [2.75, 3.05) is 12.8 Å². The molecule has 0 saturated heterocycles. The van der Waals surface area contributed by atoms with Crippen LogP contribution in [0.4, 0.5) is 5.82 Å². The van der Waals surface area contributed by atoms with Crippen molar-refractivity contribution < 1.29 is 9.47 Å². The van der Waals surface area contributed by atoms with Gasteiger partial charge in [-0.15, -0.1) is 0 Å². The van der Waals surface area contributed by atoms with Crippen molar-refractivity contribution in [3.8, 4) is 17.4 Å². The van der Waals surface area contributed by atoms with Gasteiger partial charge in [0.25, 0.3) is 0 Å². The summed E-state index contributed by atoms with van der Waals surface area (Å²) in [6.07, 6.45) is 1.37.